The van der Waals surface area contributed by atoms with Crippen molar-refractivity contribution in [1.29, 1.82) is 0 Å². The van der Waals surface area contributed by atoms with E-state index in [2.05, 4.69) is 26.2 Å². The van der Waals surface area contributed by atoms with Crippen molar-refractivity contribution < 1.29 is 4.79 Å². The second-order valence-electron chi connectivity index (χ2n) is 5.02. The van der Waals surface area contributed by atoms with Crippen LogP contribution in [0.15, 0.2) is 22.9 Å². The molecule has 0 saturated carbocycles. The van der Waals surface area contributed by atoms with Crippen LogP contribution >= 0.6 is 15.9 Å². The first-order valence-corrected chi connectivity index (χ1v) is 6.25. The van der Waals surface area contributed by atoms with Gasteiger partial charge in [0, 0.05) is 29.5 Å². The lowest BCUT2D eigenvalue weighted by Gasteiger charge is -2.30. The van der Waals surface area contributed by atoms with E-state index >= 15 is 0 Å². The van der Waals surface area contributed by atoms with Gasteiger partial charge in [0.1, 0.15) is 0 Å². The van der Waals surface area contributed by atoms with Crippen LogP contribution in [0.3, 0.4) is 0 Å². The summed E-state index contributed by atoms with van der Waals surface area (Å²) in [6.45, 7) is 6.55. The molecule has 0 saturated heterocycles. The molecule has 17 heavy (non-hydrogen) atoms. The summed E-state index contributed by atoms with van der Waals surface area (Å²) in [4.78, 5) is 15.9. The third-order valence-corrected chi connectivity index (χ3v) is 2.99. The zero-order valence-electron chi connectivity index (χ0n) is 10.3. The van der Waals surface area contributed by atoms with Crippen LogP contribution in [0, 0.1) is 5.41 Å². The lowest BCUT2D eigenvalue weighted by Crippen LogP contribution is -2.48. The second kappa shape index (κ2) is 5.60. The van der Waals surface area contributed by atoms with Gasteiger partial charge in [0.2, 0.25) is 0 Å². The molecule has 0 aliphatic heterocycles. The Hall–Kier alpha value is -0.940. The van der Waals surface area contributed by atoms with Gasteiger partial charge in [0.05, 0.1) is 5.56 Å². The molecule has 1 aromatic heterocycles. The van der Waals surface area contributed by atoms with E-state index in [0.717, 1.165) is 4.47 Å². The fourth-order valence-electron chi connectivity index (χ4n) is 1.41. The van der Waals surface area contributed by atoms with Crippen molar-refractivity contribution in [2.75, 3.05) is 6.54 Å². The van der Waals surface area contributed by atoms with Crippen LogP contribution in [0.25, 0.3) is 0 Å². The van der Waals surface area contributed by atoms with Gasteiger partial charge >= 0.3 is 0 Å². The first-order chi connectivity index (χ1) is 7.84. The number of halogens is 1. The summed E-state index contributed by atoms with van der Waals surface area (Å²) >= 11 is 3.29. The van der Waals surface area contributed by atoms with Crippen molar-refractivity contribution in [2.24, 2.45) is 11.1 Å². The maximum Gasteiger partial charge on any atom is 0.253 e. The molecule has 4 nitrogen and oxygen atoms in total. The Labute approximate surface area is 110 Å². The molecule has 94 valence electrons. The van der Waals surface area contributed by atoms with Crippen LogP contribution in [-0.4, -0.2) is 23.5 Å². The lowest BCUT2D eigenvalue weighted by atomic mass is 9.86. The average molecular weight is 300 g/mol. The first-order valence-electron chi connectivity index (χ1n) is 5.46. The van der Waals surface area contributed by atoms with Gasteiger partial charge in [-0.1, -0.05) is 20.8 Å². The molecule has 0 aliphatic carbocycles. The number of rotatable bonds is 3. The Bertz CT molecular complexity index is 401. The zero-order chi connectivity index (χ0) is 13.1. The molecule has 1 heterocycles. The number of carbonyl (C=O) groups excluding carboxylic acids is 1. The van der Waals surface area contributed by atoms with Crippen LogP contribution in [0.2, 0.25) is 0 Å². The summed E-state index contributed by atoms with van der Waals surface area (Å²) < 4.78 is 0.783. The van der Waals surface area contributed by atoms with Crippen LogP contribution in [0.5, 0.6) is 0 Å². The molecule has 1 atom stereocenters. The van der Waals surface area contributed by atoms with E-state index in [1.165, 1.54) is 6.20 Å². The maximum atomic E-state index is 12.0. The lowest BCUT2D eigenvalue weighted by molar-refractivity contribution is 0.0905. The van der Waals surface area contributed by atoms with Gasteiger partial charge in [-0.25, -0.2) is 0 Å². The Morgan fingerprint density at radius 1 is 1.53 bits per heavy atom. The molecule has 0 radical (unpaired) electrons. The Balaban J connectivity index is 2.78. The summed E-state index contributed by atoms with van der Waals surface area (Å²) in [7, 11) is 0. The highest BCUT2D eigenvalue weighted by atomic mass is 79.9. The molecule has 0 bridgehead atoms. The molecular formula is C12H18BrN3O. The summed E-state index contributed by atoms with van der Waals surface area (Å²) in [5.74, 6) is -0.149. The minimum Gasteiger partial charge on any atom is -0.347 e. The topological polar surface area (TPSA) is 68.0 Å². The van der Waals surface area contributed by atoms with E-state index in [9.17, 15) is 4.79 Å². The number of hydrogen-bond acceptors (Lipinski definition) is 3. The van der Waals surface area contributed by atoms with E-state index in [-0.39, 0.29) is 17.4 Å². The van der Waals surface area contributed by atoms with Gasteiger partial charge in [-0.2, -0.15) is 0 Å². The number of carbonyl (C=O) groups is 1. The molecule has 1 rings (SSSR count). The summed E-state index contributed by atoms with van der Waals surface area (Å²) in [6, 6.07) is 1.67. The monoisotopic (exact) mass is 299 g/mol. The standard InChI is InChI=1S/C12H18BrN3O/c1-12(2,3)10(5-14)16-11(17)8-4-9(13)7-15-6-8/h4,6-7,10H,5,14H2,1-3H3,(H,16,17). The number of nitrogens with two attached hydrogens (primary N) is 1. The molecule has 1 aromatic rings. The zero-order valence-corrected chi connectivity index (χ0v) is 11.9. The Kier molecular flexibility index (Phi) is 4.65. The molecule has 5 heteroatoms. The van der Waals surface area contributed by atoms with E-state index in [0.29, 0.717) is 12.1 Å². The van der Waals surface area contributed by atoms with Crippen LogP contribution in [0.4, 0.5) is 0 Å². The highest BCUT2D eigenvalue weighted by molar-refractivity contribution is 9.10. The van der Waals surface area contributed by atoms with Gasteiger partial charge in [0.15, 0.2) is 0 Å². The maximum absolute atomic E-state index is 12.0. The summed E-state index contributed by atoms with van der Waals surface area (Å²) in [6.07, 6.45) is 3.18. The number of nitrogens with one attached hydrogen (secondary N) is 1. The number of amides is 1. The van der Waals surface area contributed by atoms with Crippen LogP contribution < -0.4 is 11.1 Å². The summed E-state index contributed by atoms with van der Waals surface area (Å²) in [5.41, 5.74) is 6.14. The molecule has 1 amide bonds. The van der Waals surface area contributed by atoms with Crippen molar-refractivity contribution >= 4 is 21.8 Å². The number of nitrogens with zero attached hydrogens (tertiary/aromatic N) is 1. The van der Waals surface area contributed by atoms with Crippen LogP contribution in [-0.2, 0) is 0 Å². The van der Waals surface area contributed by atoms with Gasteiger partial charge in [0.25, 0.3) is 5.91 Å². The van der Waals surface area contributed by atoms with Gasteiger partial charge in [-0.3, -0.25) is 9.78 Å². The highest BCUT2D eigenvalue weighted by Gasteiger charge is 2.25. The fourth-order valence-corrected chi connectivity index (χ4v) is 1.77. The van der Waals surface area contributed by atoms with E-state index in [1.807, 2.05) is 20.8 Å². The minimum atomic E-state index is -0.149. The van der Waals surface area contributed by atoms with Crippen LogP contribution in [0.1, 0.15) is 31.1 Å². The van der Waals surface area contributed by atoms with E-state index in [1.54, 1.807) is 12.3 Å². The molecule has 0 fully saturated rings. The number of hydrogen-bond donors (Lipinski definition) is 2. The predicted molar refractivity (Wildman–Crippen MR) is 71.7 cm³/mol. The highest BCUT2D eigenvalue weighted by Crippen LogP contribution is 2.19. The predicted octanol–water partition coefficient (Wildman–Crippen LogP) is 1.95. The van der Waals surface area contributed by atoms with E-state index in [4.69, 9.17) is 5.73 Å². The molecule has 0 aliphatic rings. The Morgan fingerprint density at radius 2 is 2.18 bits per heavy atom. The van der Waals surface area contributed by atoms with Gasteiger partial charge in [-0.15, -0.1) is 0 Å². The van der Waals surface area contributed by atoms with Gasteiger partial charge in [-0.05, 0) is 27.4 Å². The van der Waals surface area contributed by atoms with E-state index < -0.39 is 0 Å². The van der Waals surface area contributed by atoms with Crippen molar-refractivity contribution in [3.63, 3.8) is 0 Å². The smallest absolute Gasteiger partial charge is 0.253 e. The SMILES string of the molecule is CC(C)(C)C(CN)NC(=O)c1cncc(Br)c1. The van der Waals surface area contributed by atoms with Crippen molar-refractivity contribution in [3.8, 4) is 0 Å². The molecule has 0 aromatic carbocycles. The third kappa shape index (κ3) is 4.09. The molecule has 0 spiro atoms. The Morgan fingerprint density at radius 3 is 2.65 bits per heavy atom. The second-order valence-corrected chi connectivity index (χ2v) is 5.94. The van der Waals surface area contributed by atoms with Crippen molar-refractivity contribution in [2.45, 2.75) is 26.8 Å². The number of pyridine rings is 1. The van der Waals surface area contributed by atoms with Crippen molar-refractivity contribution in [3.05, 3.63) is 28.5 Å². The molecular weight excluding hydrogens is 282 g/mol. The summed E-state index contributed by atoms with van der Waals surface area (Å²) in [5, 5.41) is 2.93. The molecule has 1 unspecified atom stereocenters. The van der Waals surface area contributed by atoms with Gasteiger partial charge < -0.3 is 11.1 Å². The quantitative estimate of drug-likeness (QED) is 0.896. The fraction of sp³-hybridized carbons (Fsp3) is 0.500. The molecule has 3 N–H and O–H groups in total. The minimum absolute atomic E-state index is 0.0611. The first kappa shape index (κ1) is 14.1. The largest absolute Gasteiger partial charge is 0.347 e. The number of aromatic nitrogens is 1. The third-order valence-electron chi connectivity index (χ3n) is 2.55. The van der Waals surface area contributed by atoms with Crippen molar-refractivity contribution in [1.82, 2.24) is 10.3 Å². The normalized spacial score (nSPS) is 13.2. The average Bonchev–Trinajstić information content (AvgIpc) is 2.23.